The molecule has 1 aromatic heterocycles. The number of nitrogens with zero attached hydrogens (tertiary/aromatic N) is 3. The number of para-hydroxylation sites is 2. The lowest BCUT2D eigenvalue weighted by Gasteiger charge is -2.03. The number of fused-ring (bicyclic) bond motifs is 1. The molecule has 116 valence electrons. The van der Waals surface area contributed by atoms with Crippen LogP contribution >= 0.6 is 0 Å². The highest BCUT2D eigenvalue weighted by molar-refractivity contribution is 5.72. The average molecular weight is 368 g/mol. The standard InChI is InChI=1S/C19H18N3.BrH/c1-3-12-21-15(2)22(19-11-7-6-10-18(19)21)14-17-9-5-4-8-16(17)13-20;/h3-11H,1,12,14H2,2H3;1H/q+1;/p-1. The second kappa shape index (κ2) is 7.26. The molecule has 0 aliphatic rings. The van der Waals surface area contributed by atoms with E-state index in [4.69, 9.17) is 0 Å². The molecule has 0 saturated heterocycles. The zero-order valence-corrected chi connectivity index (χ0v) is 14.6. The van der Waals surface area contributed by atoms with E-state index >= 15 is 0 Å². The first kappa shape index (κ1) is 17.0. The topological polar surface area (TPSA) is 32.6 Å². The van der Waals surface area contributed by atoms with Crippen molar-refractivity contribution >= 4 is 11.0 Å². The van der Waals surface area contributed by atoms with Crippen LogP contribution in [0.3, 0.4) is 0 Å². The Hall–Kier alpha value is -2.38. The minimum absolute atomic E-state index is 0. The van der Waals surface area contributed by atoms with E-state index < -0.39 is 0 Å². The zero-order valence-electron chi connectivity index (χ0n) is 13.0. The van der Waals surface area contributed by atoms with Gasteiger partial charge in [0.15, 0.2) is 11.0 Å². The molecule has 0 amide bonds. The summed E-state index contributed by atoms with van der Waals surface area (Å²) in [4.78, 5) is 0. The summed E-state index contributed by atoms with van der Waals surface area (Å²) in [6, 6.07) is 18.4. The normalized spacial score (nSPS) is 10.1. The average Bonchev–Trinajstić information content (AvgIpc) is 2.82. The molecule has 23 heavy (non-hydrogen) atoms. The van der Waals surface area contributed by atoms with Crippen LogP contribution in [0, 0.1) is 18.3 Å². The number of allylic oxidation sites excluding steroid dienone is 1. The van der Waals surface area contributed by atoms with Crippen molar-refractivity contribution < 1.29 is 21.5 Å². The van der Waals surface area contributed by atoms with E-state index in [0.29, 0.717) is 6.54 Å². The first-order valence-electron chi connectivity index (χ1n) is 7.33. The Labute approximate surface area is 146 Å². The summed E-state index contributed by atoms with van der Waals surface area (Å²) < 4.78 is 4.51. The maximum Gasteiger partial charge on any atom is 0.254 e. The second-order valence-electron chi connectivity index (χ2n) is 5.29. The lowest BCUT2D eigenvalue weighted by Crippen LogP contribution is -3.00. The molecule has 0 spiro atoms. The van der Waals surface area contributed by atoms with Crippen LogP contribution in [0.1, 0.15) is 17.0 Å². The summed E-state index contributed by atoms with van der Waals surface area (Å²) in [5, 5.41) is 9.29. The predicted octanol–water partition coefficient (Wildman–Crippen LogP) is 0.347. The van der Waals surface area contributed by atoms with Crippen LogP contribution in [0.4, 0.5) is 0 Å². The van der Waals surface area contributed by atoms with Gasteiger partial charge < -0.3 is 17.0 Å². The fourth-order valence-electron chi connectivity index (χ4n) is 2.91. The minimum Gasteiger partial charge on any atom is -1.00 e. The Morgan fingerprint density at radius 1 is 1.17 bits per heavy atom. The van der Waals surface area contributed by atoms with E-state index in [1.165, 1.54) is 11.0 Å². The third kappa shape index (κ3) is 3.06. The molecule has 3 nitrogen and oxygen atoms in total. The Balaban J connectivity index is 0.00000192. The molecule has 2 aromatic carbocycles. The molecule has 3 rings (SSSR count). The van der Waals surface area contributed by atoms with Gasteiger partial charge in [-0.1, -0.05) is 43.0 Å². The van der Waals surface area contributed by atoms with Crippen molar-refractivity contribution in [3.05, 3.63) is 78.1 Å². The summed E-state index contributed by atoms with van der Waals surface area (Å²) in [6.45, 7) is 7.43. The minimum atomic E-state index is 0. The maximum atomic E-state index is 9.29. The molecule has 0 bridgehead atoms. The van der Waals surface area contributed by atoms with E-state index in [2.05, 4.69) is 46.9 Å². The monoisotopic (exact) mass is 367 g/mol. The van der Waals surface area contributed by atoms with Crippen LogP contribution in [0.5, 0.6) is 0 Å². The molecule has 3 aromatic rings. The molecule has 0 aliphatic heterocycles. The van der Waals surface area contributed by atoms with Crippen molar-refractivity contribution in [1.29, 1.82) is 5.26 Å². The maximum absolute atomic E-state index is 9.29. The van der Waals surface area contributed by atoms with Gasteiger partial charge in [0.05, 0.1) is 11.6 Å². The van der Waals surface area contributed by atoms with Gasteiger partial charge in [0.2, 0.25) is 0 Å². The van der Waals surface area contributed by atoms with Crippen LogP contribution in [0.15, 0.2) is 61.2 Å². The Morgan fingerprint density at radius 3 is 2.61 bits per heavy atom. The highest BCUT2D eigenvalue weighted by atomic mass is 79.9. The van der Waals surface area contributed by atoms with Gasteiger partial charge in [-0.05, 0) is 18.2 Å². The van der Waals surface area contributed by atoms with E-state index in [1.807, 2.05) is 36.4 Å². The van der Waals surface area contributed by atoms with E-state index in [9.17, 15) is 5.26 Å². The number of nitriles is 1. The molecule has 0 N–H and O–H groups in total. The van der Waals surface area contributed by atoms with Crippen molar-refractivity contribution in [2.45, 2.75) is 20.0 Å². The molecule has 0 fully saturated rings. The SMILES string of the molecule is C=CCn1c(C)[n+](Cc2ccccc2C#N)c2ccccc21.[Br-]. The summed E-state index contributed by atoms with van der Waals surface area (Å²) in [5.41, 5.74) is 4.14. The highest BCUT2D eigenvalue weighted by Gasteiger charge is 2.21. The van der Waals surface area contributed by atoms with Crippen molar-refractivity contribution in [3.8, 4) is 6.07 Å². The van der Waals surface area contributed by atoms with E-state index in [0.717, 1.165) is 23.5 Å². The number of hydrogen-bond acceptors (Lipinski definition) is 1. The summed E-state index contributed by atoms with van der Waals surface area (Å²) in [6.07, 6.45) is 1.91. The number of halogens is 1. The number of benzene rings is 2. The quantitative estimate of drug-likeness (QED) is 0.483. The third-order valence-corrected chi connectivity index (χ3v) is 4.02. The van der Waals surface area contributed by atoms with Gasteiger partial charge in [0.1, 0.15) is 13.1 Å². The number of rotatable bonds is 4. The van der Waals surface area contributed by atoms with Crippen molar-refractivity contribution in [2.24, 2.45) is 0 Å². The van der Waals surface area contributed by atoms with Gasteiger partial charge in [-0.3, -0.25) is 0 Å². The molecule has 1 heterocycles. The summed E-state index contributed by atoms with van der Waals surface area (Å²) in [5.74, 6) is 1.16. The van der Waals surface area contributed by atoms with Crippen LogP contribution in [0.25, 0.3) is 11.0 Å². The molecule has 0 unspecified atom stereocenters. The molecule has 0 aliphatic carbocycles. The van der Waals surface area contributed by atoms with Gasteiger partial charge in [-0.25, -0.2) is 9.13 Å². The second-order valence-corrected chi connectivity index (χ2v) is 5.29. The highest BCUT2D eigenvalue weighted by Crippen LogP contribution is 2.16. The number of hydrogen-bond donors (Lipinski definition) is 0. The fraction of sp³-hybridized carbons (Fsp3) is 0.158. The third-order valence-electron chi connectivity index (χ3n) is 4.02. The fourth-order valence-corrected chi connectivity index (χ4v) is 2.91. The van der Waals surface area contributed by atoms with E-state index in [1.54, 1.807) is 0 Å². The van der Waals surface area contributed by atoms with Crippen molar-refractivity contribution in [3.63, 3.8) is 0 Å². The van der Waals surface area contributed by atoms with Gasteiger partial charge in [0, 0.05) is 12.5 Å². The van der Waals surface area contributed by atoms with Crippen LogP contribution in [-0.4, -0.2) is 4.57 Å². The van der Waals surface area contributed by atoms with Crippen LogP contribution in [0.2, 0.25) is 0 Å². The molecule has 4 heteroatoms. The first-order chi connectivity index (χ1) is 10.8. The van der Waals surface area contributed by atoms with E-state index in [-0.39, 0.29) is 17.0 Å². The lowest BCUT2D eigenvalue weighted by molar-refractivity contribution is -0.669. The molecular weight excluding hydrogens is 350 g/mol. The summed E-state index contributed by atoms with van der Waals surface area (Å²) >= 11 is 0. The number of aromatic nitrogens is 2. The molecular formula is C19H18BrN3. The Kier molecular flexibility index (Phi) is 5.36. The van der Waals surface area contributed by atoms with Gasteiger partial charge >= 0.3 is 0 Å². The van der Waals surface area contributed by atoms with Crippen molar-refractivity contribution in [2.75, 3.05) is 0 Å². The van der Waals surface area contributed by atoms with Gasteiger partial charge in [0.25, 0.3) is 5.82 Å². The van der Waals surface area contributed by atoms with Gasteiger partial charge in [-0.15, -0.1) is 0 Å². The first-order valence-corrected chi connectivity index (χ1v) is 7.33. The van der Waals surface area contributed by atoms with Gasteiger partial charge in [-0.2, -0.15) is 5.26 Å². The smallest absolute Gasteiger partial charge is 0.254 e. The number of imidazole rings is 1. The van der Waals surface area contributed by atoms with Crippen LogP contribution in [-0.2, 0) is 13.1 Å². The Morgan fingerprint density at radius 2 is 1.87 bits per heavy atom. The Bertz CT molecular complexity index is 887. The van der Waals surface area contributed by atoms with Crippen LogP contribution < -0.4 is 21.5 Å². The predicted molar refractivity (Wildman–Crippen MR) is 87.3 cm³/mol. The lowest BCUT2D eigenvalue weighted by atomic mass is 10.1. The molecule has 0 atom stereocenters. The zero-order chi connectivity index (χ0) is 15.5. The van der Waals surface area contributed by atoms with Crippen molar-refractivity contribution in [1.82, 2.24) is 4.57 Å². The largest absolute Gasteiger partial charge is 1.00 e. The molecule has 0 saturated carbocycles. The molecule has 0 radical (unpaired) electrons. The summed E-state index contributed by atoms with van der Waals surface area (Å²) in [7, 11) is 0.